The summed E-state index contributed by atoms with van der Waals surface area (Å²) < 4.78 is 0. The second kappa shape index (κ2) is 3.84. The quantitative estimate of drug-likeness (QED) is 0.857. The van der Waals surface area contributed by atoms with E-state index in [0.29, 0.717) is 6.54 Å². The number of aliphatic hydroxyl groups excluding tert-OH is 1. The Hall–Kier alpha value is -1.35. The summed E-state index contributed by atoms with van der Waals surface area (Å²) in [5.41, 5.74) is 1.04. The molecule has 0 bridgehead atoms. The molecule has 1 N–H and O–H groups in total. The van der Waals surface area contributed by atoms with Crippen molar-refractivity contribution in [3.8, 4) is 0 Å². The number of carbonyl (C=O) groups excluding carboxylic acids is 1. The Morgan fingerprint density at radius 2 is 2.00 bits per heavy atom. The molecule has 17 heavy (non-hydrogen) atoms. The summed E-state index contributed by atoms with van der Waals surface area (Å²) in [6.07, 6.45) is 2.86. The predicted molar refractivity (Wildman–Crippen MR) is 64.1 cm³/mol. The van der Waals surface area contributed by atoms with Crippen LogP contribution in [0.25, 0.3) is 0 Å². The van der Waals surface area contributed by atoms with E-state index in [1.165, 1.54) is 0 Å². The van der Waals surface area contributed by atoms with E-state index in [9.17, 15) is 9.90 Å². The molecule has 2 aliphatic rings. The van der Waals surface area contributed by atoms with Gasteiger partial charge in [0.1, 0.15) is 0 Å². The van der Waals surface area contributed by atoms with Crippen molar-refractivity contribution in [2.24, 2.45) is 5.41 Å². The van der Waals surface area contributed by atoms with E-state index in [4.69, 9.17) is 0 Å². The zero-order chi connectivity index (χ0) is 11.9. The summed E-state index contributed by atoms with van der Waals surface area (Å²) in [7, 11) is 0. The number of nitrogens with zero attached hydrogens (tertiary/aromatic N) is 1. The topological polar surface area (TPSA) is 40.5 Å². The van der Waals surface area contributed by atoms with E-state index in [1.807, 2.05) is 35.2 Å². The molecule has 3 heteroatoms. The van der Waals surface area contributed by atoms with Crippen LogP contribution < -0.4 is 0 Å². The number of amides is 1. The van der Waals surface area contributed by atoms with Gasteiger partial charge in [0.25, 0.3) is 0 Å². The van der Waals surface area contributed by atoms with Gasteiger partial charge in [0, 0.05) is 6.54 Å². The van der Waals surface area contributed by atoms with Crippen LogP contribution in [0.3, 0.4) is 0 Å². The molecule has 1 heterocycles. The summed E-state index contributed by atoms with van der Waals surface area (Å²) in [4.78, 5) is 14.1. The highest BCUT2D eigenvalue weighted by Gasteiger charge is 2.58. The smallest absolute Gasteiger partial charge is 0.229 e. The molecule has 1 spiro atoms. The molecule has 0 radical (unpaired) electrons. The van der Waals surface area contributed by atoms with Crippen LogP contribution in [-0.2, 0) is 11.3 Å². The summed E-state index contributed by atoms with van der Waals surface area (Å²) in [6.45, 7) is 0.715. The van der Waals surface area contributed by atoms with Gasteiger partial charge in [0.05, 0.1) is 18.1 Å². The third-order valence-electron chi connectivity index (χ3n) is 4.04. The van der Waals surface area contributed by atoms with Gasteiger partial charge in [-0.05, 0) is 24.8 Å². The molecule has 1 saturated carbocycles. The molecule has 1 atom stereocenters. The van der Waals surface area contributed by atoms with Crippen molar-refractivity contribution < 1.29 is 9.90 Å². The maximum atomic E-state index is 12.3. The van der Waals surface area contributed by atoms with E-state index >= 15 is 0 Å². The van der Waals surface area contributed by atoms with E-state index < -0.39 is 0 Å². The lowest BCUT2D eigenvalue weighted by atomic mass is 10.0. The third-order valence-corrected chi connectivity index (χ3v) is 4.04. The molecule has 1 saturated heterocycles. The number of benzene rings is 1. The monoisotopic (exact) mass is 231 g/mol. The fourth-order valence-electron chi connectivity index (χ4n) is 2.83. The lowest BCUT2D eigenvalue weighted by Crippen LogP contribution is -2.35. The number of rotatable bonds is 3. The minimum atomic E-state index is -0.0951. The van der Waals surface area contributed by atoms with E-state index in [2.05, 4.69) is 0 Å². The Morgan fingerprint density at radius 1 is 1.29 bits per heavy atom. The van der Waals surface area contributed by atoms with Crippen LogP contribution in [0.1, 0.15) is 24.8 Å². The Kier molecular flexibility index (Phi) is 2.44. The minimum absolute atomic E-state index is 0.0187. The van der Waals surface area contributed by atoms with Crippen molar-refractivity contribution in [1.29, 1.82) is 0 Å². The summed E-state index contributed by atoms with van der Waals surface area (Å²) in [6, 6.07) is 10.0. The average molecular weight is 231 g/mol. The molecule has 3 rings (SSSR count). The zero-order valence-corrected chi connectivity index (χ0v) is 9.80. The van der Waals surface area contributed by atoms with Crippen molar-refractivity contribution in [3.63, 3.8) is 0 Å². The number of aliphatic hydroxyl groups is 1. The van der Waals surface area contributed by atoms with E-state index in [0.717, 1.165) is 24.8 Å². The second-order valence-corrected chi connectivity index (χ2v) is 5.24. The maximum absolute atomic E-state index is 12.3. The van der Waals surface area contributed by atoms with Gasteiger partial charge in [-0.1, -0.05) is 30.3 Å². The maximum Gasteiger partial charge on any atom is 0.229 e. The second-order valence-electron chi connectivity index (χ2n) is 5.24. The first-order valence-electron chi connectivity index (χ1n) is 6.21. The summed E-state index contributed by atoms with van der Waals surface area (Å²) in [5, 5.41) is 9.40. The van der Waals surface area contributed by atoms with Crippen molar-refractivity contribution >= 4 is 5.91 Å². The highest BCUT2D eigenvalue weighted by molar-refractivity contribution is 5.88. The lowest BCUT2D eigenvalue weighted by molar-refractivity contribution is -0.134. The van der Waals surface area contributed by atoms with Gasteiger partial charge in [-0.3, -0.25) is 4.79 Å². The highest BCUT2D eigenvalue weighted by Crippen LogP contribution is 2.55. The van der Waals surface area contributed by atoms with Crippen molar-refractivity contribution in [3.05, 3.63) is 35.9 Å². The van der Waals surface area contributed by atoms with Crippen LogP contribution in [0.5, 0.6) is 0 Å². The summed E-state index contributed by atoms with van der Waals surface area (Å²) in [5.74, 6) is 0.250. The predicted octanol–water partition coefficient (Wildman–Crippen LogP) is 1.56. The van der Waals surface area contributed by atoms with Crippen LogP contribution in [0.2, 0.25) is 0 Å². The van der Waals surface area contributed by atoms with Crippen LogP contribution in [0.4, 0.5) is 0 Å². The van der Waals surface area contributed by atoms with Gasteiger partial charge in [0.15, 0.2) is 0 Å². The van der Waals surface area contributed by atoms with Crippen molar-refractivity contribution in [1.82, 2.24) is 4.90 Å². The average Bonchev–Trinajstić information content (AvgIpc) is 3.10. The highest BCUT2D eigenvalue weighted by atomic mass is 16.3. The Morgan fingerprint density at radius 3 is 2.59 bits per heavy atom. The van der Waals surface area contributed by atoms with Gasteiger partial charge in [-0.2, -0.15) is 0 Å². The molecule has 2 fully saturated rings. The molecule has 1 aliphatic carbocycles. The molecular weight excluding hydrogens is 214 g/mol. The van der Waals surface area contributed by atoms with Crippen molar-refractivity contribution in [2.75, 3.05) is 6.61 Å². The largest absolute Gasteiger partial charge is 0.394 e. The van der Waals surface area contributed by atoms with Crippen LogP contribution >= 0.6 is 0 Å². The molecule has 0 unspecified atom stereocenters. The molecule has 1 aromatic rings. The van der Waals surface area contributed by atoms with Crippen molar-refractivity contribution in [2.45, 2.75) is 31.8 Å². The number of hydrogen-bond acceptors (Lipinski definition) is 2. The zero-order valence-electron chi connectivity index (χ0n) is 9.80. The van der Waals surface area contributed by atoms with Gasteiger partial charge in [0.2, 0.25) is 5.91 Å². The SMILES string of the molecule is O=C1N(Cc2ccccc2)[C@H](CO)CC12CC2. The summed E-state index contributed by atoms with van der Waals surface area (Å²) >= 11 is 0. The van der Waals surface area contributed by atoms with Gasteiger partial charge < -0.3 is 10.0 Å². The van der Waals surface area contributed by atoms with Crippen LogP contribution in [-0.4, -0.2) is 28.6 Å². The number of likely N-dealkylation sites (tertiary alicyclic amines) is 1. The first kappa shape index (κ1) is 10.8. The number of hydrogen-bond donors (Lipinski definition) is 1. The fraction of sp³-hybridized carbons (Fsp3) is 0.500. The van der Waals surface area contributed by atoms with E-state index in [-0.39, 0.29) is 24.0 Å². The normalized spacial score (nSPS) is 25.6. The molecule has 1 aliphatic heterocycles. The number of carbonyl (C=O) groups is 1. The fourth-order valence-corrected chi connectivity index (χ4v) is 2.83. The molecule has 1 aromatic carbocycles. The standard InChI is InChI=1S/C14H17NO2/c16-10-12-8-14(6-7-14)13(17)15(12)9-11-4-2-1-3-5-11/h1-5,12,16H,6-10H2/t12-/m0/s1. The molecule has 1 amide bonds. The first-order chi connectivity index (χ1) is 8.25. The Bertz CT molecular complexity index is 425. The van der Waals surface area contributed by atoms with Gasteiger partial charge in [-0.25, -0.2) is 0 Å². The molecule has 3 nitrogen and oxygen atoms in total. The Labute approximate surface area is 101 Å². The minimum Gasteiger partial charge on any atom is -0.394 e. The molecular formula is C14H17NO2. The third kappa shape index (κ3) is 1.75. The molecule has 90 valence electrons. The van der Waals surface area contributed by atoms with Gasteiger partial charge in [-0.15, -0.1) is 0 Å². The lowest BCUT2D eigenvalue weighted by Gasteiger charge is -2.23. The molecule has 0 aromatic heterocycles. The van der Waals surface area contributed by atoms with Crippen LogP contribution in [0, 0.1) is 5.41 Å². The Balaban J connectivity index is 1.79. The van der Waals surface area contributed by atoms with Gasteiger partial charge >= 0.3 is 0 Å². The van der Waals surface area contributed by atoms with E-state index in [1.54, 1.807) is 0 Å². The van der Waals surface area contributed by atoms with Crippen LogP contribution in [0.15, 0.2) is 30.3 Å². The first-order valence-corrected chi connectivity index (χ1v) is 6.21.